The number of aromatic carboxylic acids is 1. The average Bonchev–Trinajstić information content (AvgIpc) is 2.34. The van der Waals surface area contributed by atoms with Crippen LogP contribution in [0.2, 0.25) is 0 Å². The lowest BCUT2D eigenvalue weighted by molar-refractivity contribution is 0.0693. The van der Waals surface area contributed by atoms with Gasteiger partial charge in [-0.3, -0.25) is 0 Å². The van der Waals surface area contributed by atoms with Gasteiger partial charge in [-0.05, 0) is 30.3 Å². The van der Waals surface area contributed by atoms with E-state index in [1.807, 2.05) is 0 Å². The van der Waals surface area contributed by atoms with Crippen molar-refractivity contribution in [3.05, 3.63) is 48.0 Å². The number of carboxylic acid groups (broad SMARTS) is 1. The van der Waals surface area contributed by atoms with E-state index < -0.39 is 5.97 Å². The van der Waals surface area contributed by atoms with Crippen LogP contribution in [0.25, 0.3) is 0 Å². The first-order valence-corrected chi connectivity index (χ1v) is 5.98. The van der Waals surface area contributed by atoms with Crippen LogP contribution in [0, 0.1) is 0 Å². The molecule has 0 aliphatic carbocycles. The topological polar surface area (TPSA) is 83.5 Å². The minimum absolute atomic E-state index is 0.0968. The lowest BCUT2D eigenvalue weighted by Crippen LogP contribution is -1.98. The van der Waals surface area contributed by atoms with E-state index in [0.29, 0.717) is 15.5 Å². The van der Waals surface area contributed by atoms with Crippen molar-refractivity contribution in [1.29, 1.82) is 0 Å². The zero-order valence-electron chi connectivity index (χ0n) is 9.33. The summed E-state index contributed by atoms with van der Waals surface area (Å²) in [4.78, 5) is 12.3. The average molecular weight is 261 g/mol. The highest BCUT2D eigenvalue weighted by Crippen LogP contribution is 2.35. The fraction of sp³-hybridized carbons (Fsp3) is 0. The molecule has 0 spiro atoms. The van der Waals surface area contributed by atoms with Gasteiger partial charge in [0.15, 0.2) is 0 Å². The largest absolute Gasteiger partial charge is 0.508 e. The molecule has 0 fully saturated rings. The molecule has 4 N–H and O–H groups in total. The van der Waals surface area contributed by atoms with Gasteiger partial charge in [0.2, 0.25) is 0 Å². The summed E-state index contributed by atoms with van der Waals surface area (Å²) in [5, 5.41) is 18.5. The molecule has 0 bridgehead atoms. The molecule has 0 heterocycles. The van der Waals surface area contributed by atoms with E-state index in [1.54, 1.807) is 24.3 Å². The van der Waals surface area contributed by atoms with Crippen LogP contribution in [0.4, 0.5) is 5.69 Å². The molecule has 2 aromatic rings. The molecule has 0 aliphatic heterocycles. The van der Waals surface area contributed by atoms with E-state index in [4.69, 9.17) is 10.8 Å². The molecule has 2 rings (SSSR count). The van der Waals surface area contributed by atoms with E-state index in [0.717, 1.165) is 0 Å². The maximum atomic E-state index is 11.1. The number of carboxylic acids is 1. The van der Waals surface area contributed by atoms with Gasteiger partial charge in [0.05, 0.1) is 5.56 Å². The van der Waals surface area contributed by atoms with Crippen LogP contribution in [0.3, 0.4) is 0 Å². The Labute approximate surface area is 108 Å². The summed E-state index contributed by atoms with van der Waals surface area (Å²) in [6, 6.07) is 11.2. The Morgan fingerprint density at radius 2 is 1.83 bits per heavy atom. The number of phenols is 1. The van der Waals surface area contributed by atoms with Gasteiger partial charge in [0, 0.05) is 15.5 Å². The minimum Gasteiger partial charge on any atom is -0.508 e. The molecule has 0 aromatic heterocycles. The number of aromatic hydroxyl groups is 1. The molecule has 5 heteroatoms. The first kappa shape index (κ1) is 12.3. The van der Waals surface area contributed by atoms with Gasteiger partial charge in [-0.2, -0.15) is 0 Å². The van der Waals surface area contributed by atoms with Crippen LogP contribution in [0.1, 0.15) is 10.4 Å². The molecule has 0 saturated heterocycles. The summed E-state index contributed by atoms with van der Waals surface area (Å²) in [5.41, 5.74) is 6.50. The van der Waals surface area contributed by atoms with Gasteiger partial charge in [-0.25, -0.2) is 4.79 Å². The summed E-state index contributed by atoms with van der Waals surface area (Å²) in [6.07, 6.45) is 0. The Morgan fingerprint density at radius 3 is 2.56 bits per heavy atom. The molecule has 0 saturated carbocycles. The van der Waals surface area contributed by atoms with Crippen LogP contribution in [-0.2, 0) is 0 Å². The standard InChI is InChI=1S/C13H11NO3S/c14-10-6-5-8(15)7-12(10)18-11-4-2-1-3-9(11)13(16)17/h1-7,15H,14H2,(H,16,17). The van der Waals surface area contributed by atoms with E-state index in [1.165, 1.54) is 30.0 Å². The molecule has 0 aliphatic rings. The smallest absolute Gasteiger partial charge is 0.336 e. The highest BCUT2D eigenvalue weighted by atomic mass is 32.2. The molecular weight excluding hydrogens is 250 g/mol. The van der Waals surface area contributed by atoms with Crippen LogP contribution in [0.5, 0.6) is 5.75 Å². The first-order valence-electron chi connectivity index (χ1n) is 5.16. The number of benzene rings is 2. The Morgan fingerprint density at radius 1 is 1.11 bits per heavy atom. The van der Waals surface area contributed by atoms with Crippen LogP contribution in [-0.4, -0.2) is 16.2 Å². The van der Waals surface area contributed by atoms with E-state index in [9.17, 15) is 9.90 Å². The van der Waals surface area contributed by atoms with Gasteiger partial charge in [0.25, 0.3) is 0 Å². The maximum absolute atomic E-state index is 11.1. The number of rotatable bonds is 3. The highest BCUT2D eigenvalue weighted by Gasteiger charge is 2.11. The second kappa shape index (κ2) is 5.01. The lowest BCUT2D eigenvalue weighted by Gasteiger charge is -2.08. The monoisotopic (exact) mass is 261 g/mol. The molecule has 0 atom stereocenters. The van der Waals surface area contributed by atoms with Crippen LogP contribution >= 0.6 is 11.8 Å². The molecule has 0 amide bonds. The summed E-state index contributed by atoms with van der Waals surface area (Å²) >= 11 is 1.22. The predicted octanol–water partition coefficient (Wildman–Crippen LogP) is 2.82. The number of carbonyl (C=O) groups is 1. The Kier molecular flexibility index (Phi) is 3.43. The van der Waals surface area contributed by atoms with Crippen LogP contribution < -0.4 is 5.73 Å². The Bertz CT molecular complexity index is 599. The van der Waals surface area contributed by atoms with Gasteiger partial charge in [0.1, 0.15) is 5.75 Å². The minimum atomic E-state index is -0.989. The third kappa shape index (κ3) is 2.57. The Balaban J connectivity index is 2.40. The molecule has 0 radical (unpaired) electrons. The normalized spacial score (nSPS) is 10.2. The molecule has 92 valence electrons. The van der Waals surface area contributed by atoms with Crippen molar-refractivity contribution >= 4 is 23.4 Å². The molecular formula is C13H11NO3S. The number of phenolic OH excluding ortho intramolecular Hbond substituents is 1. The van der Waals surface area contributed by atoms with Gasteiger partial charge >= 0.3 is 5.97 Å². The number of nitrogens with two attached hydrogens (primary N) is 1. The SMILES string of the molecule is Nc1ccc(O)cc1Sc1ccccc1C(=O)O. The summed E-state index contributed by atoms with van der Waals surface area (Å²) in [5.74, 6) is -0.892. The number of anilines is 1. The molecule has 18 heavy (non-hydrogen) atoms. The second-order valence-electron chi connectivity index (χ2n) is 3.63. The van der Waals surface area contributed by atoms with Crippen LogP contribution in [0.15, 0.2) is 52.3 Å². The summed E-state index contributed by atoms with van der Waals surface area (Å²) < 4.78 is 0. The van der Waals surface area contributed by atoms with Crippen molar-refractivity contribution in [3.63, 3.8) is 0 Å². The zero-order chi connectivity index (χ0) is 13.1. The number of nitrogen functional groups attached to an aromatic ring is 1. The van der Waals surface area contributed by atoms with E-state index in [2.05, 4.69) is 0 Å². The van der Waals surface area contributed by atoms with Crippen molar-refractivity contribution in [2.45, 2.75) is 9.79 Å². The number of hydrogen-bond acceptors (Lipinski definition) is 4. The van der Waals surface area contributed by atoms with Gasteiger partial charge in [-0.15, -0.1) is 0 Å². The van der Waals surface area contributed by atoms with Crippen molar-refractivity contribution in [1.82, 2.24) is 0 Å². The Hall–Kier alpha value is -2.14. The molecule has 2 aromatic carbocycles. The maximum Gasteiger partial charge on any atom is 0.336 e. The first-order chi connectivity index (χ1) is 8.58. The number of hydrogen-bond donors (Lipinski definition) is 3. The zero-order valence-corrected chi connectivity index (χ0v) is 10.1. The lowest BCUT2D eigenvalue weighted by atomic mass is 10.2. The third-order valence-corrected chi connectivity index (χ3v) is 3.48. The summed E-state index contributed by atoms with van der Waals surface area (Å²) in [6.45, 7) is 0. The quantitative estimate of drug-likeness (QED) is 0.584. The van der Waals surface area contributed by atoms with E-state index in [-0.39, 0.29) is 11.3 Å². The highest BCUT2D eigenvalue weighted by molar-refractivity contribution is 7.99. The van der Waals surface area contributed by atoms with Gasteiger partial charge < -0.3 is 15.9 Å². The van der Waals surface area contributed by atoms with Crippen molar-refractivity contribution in [2.75, 3.05) is 5.73 Å². The van der Waals surface area contributed by atoms with E-state index >= 15 is 0 Å². The third-order valence-electron chi connectivity index (χ3n) is 2.33. The fourth-order valence-electron chi connectivity index (χ4n) is 1.46. The van der Waals surface area contributed by atoms with Crippen molar-refractivity contribution < 1.29 is 15.0 Å². The second-order valence-corrected chi connectivity index (χ2v) is 4.71. The van der Waals surface area contributed by atoms with Crippen molar-refractivity contribution in [3.8, 4) is 5.75 Å². The summed E-state index contributed by atoms with van der Waals surface area (Å²) in [7, 11) is 0. The predicted molar refractivity (Wildman–Crippen MR) is 70.0 cm³/mol. The van der Waals surface area contributed by atoms with Gasteiger partial charge in [-0.1, -0.05) is 23.9 Å². The molecule has 4 nitrogen and oxygen atoms in total. The fourth-order valence-corrected chi connectivity index (χ4v) is 2.48. The molecule has 0 unspecified atom stereocenters. The van der Waals surface area contributed by atoms with Crippen molar-refractivity contribution in [2.24, 2.45) is 0 Å².